The van der Waals surface area contributed by atoms with Crippen LogP contribution >= 0.6 is 11.6 Å². The summed E-state index contributed by atoms with van der Waals surface area (Å²) in [5, 5.41) is 3.53. The number of ether oxygens (including phenoxy) is 1. The van der Waals surface area contributed by atoms with E-state index >= 15 is 0 Å². The molecule has 0 saturated carbocycles. The van der Waals surface area contributed by atoms with Crippen LogP contribution in [0, 0.1) is 0 Å². The van der Waals surface area contributed by atoms with Crippen LogP contribution in [0.1, 0.15) is 43.5 Å². The fourth-order valence-electron chi connectivity index (χ4n) is 0.994. The zero-order valence-corrected chi connectivity index (χ0v) is 8.71. The Labute approximate surface area is 82.2 Å². The van der Waals surface area contributed by atoms with Gasteiger partial charge in [-0.1, -0.05) is 12.1 Å². The molecule has 1 heterocycles. The fraction of sp³-hybridized carbons (Fsp3) is 0.750. The molecule has 74 valence electrons. The minimum atomic E-state index is -0.254. The Morgan fingerprint density at radius 2 is 2.31 bits per heavy atom. The van der Waals surface area contributed by atoms with E-state index in [2.05, 4.69) is 10.1 Å². The van der Waals surface area contributed by atoms with Crippen molar-refractivity contribution in [2.45, 2.75) is 31.7 Å². The molecule has 0 bridgehead atoms. The minimum Gasteiger partial charge on any atom is -0.373 e. The molecule has 0 radical (unpaired) electrons. The highest BCUT2D eigenvalue weighted by atomic mass is 35.5. The molecule has 0 aliphatic heterocycles. The molecule has 1 aromatic rings. The van der Waals surface area contributed by atoms with Crippen LogP contribution in [0.15, 0.2) is 4.52 Å². The summed E-state index contributed by atoms with van der Waals surface area (Å²) in [5.74, 6) is 1.000. The molecule has 0 aromatic carbocycles. The number of rotatable bonds is 4. The maximum absolute atomic E-state index is 5.77. The van der Waals surface area contributed by atoms with Crippen LogP contribution < -0.4 is 0 Å². The molecule has 0 aliphatic carbocycles. The van der Waals surface area contributed by atoms with Crippen molar-refractivity contribution < 1.29 is 9.26 Å². The third-order valence-electron chi connectivity index (χ3n) is 1.74. The quantitative estimate of drug-likeness (QED) is 0.707. The van der Waals surface area contributed by atoms with Crippen LogP contribution in [0.4, 0.5) is 0 Å². The summed E-state index contributed by atoms with van der Waals surface area (Å²) in [7, 11) is 1.62. The van der Waals surface area contributed by atoms with Crippen molar-refractivity contribution in [3.8, 4) is 0 Å². The van der Waals surface area contributed by atoms with Crippen LogP contribution in [-0.2, 0) is 4.74 Å². The molecule has 0 saturated heterocycles. The Balaban J connectivity index is 2.78. The standard InChI is InChI=1S/C8H13ClN2O2/c1-4-6(12-3)7-10-8(5(2)9)13-11-7/h5-6H,4H2,1-3H3. The van der Waals surface area contributed by atoms with Gasteiger partial charge in [-0.25, -0.2) is 0 Å². The molecular weight excluding hydrogens is 192 g/mol. The Kier molecular flexibility index (Phi) is 3.69. The van der Waals surface area contributed by atoms with Gasteiger partial charge >= 0.3 is 0 Å². The van der Waals surface area contributed by atoms with E-state index in [9.17, 15) is 0 Å². The Morgan fingerprint density at radius 3 is 2.69 bits per heavy atom. The first kappa shape index (κ1) is 10.5. The average molecular weight is 205 g/mol. The van der Waals surface area contributed by atoms with Crippen LogP contribution in [0.3, 0.4) is 0 Å². The summed E-state index contributed by atoms with van der Waals surface area (Å²) in [6.45, 7) is 3.78. The Bertz CT molecular complexity index is 258. The SMILES string of the molecule is CCC(OC)c1noc(C(C)Cl)n1. The second-order valence-corrected chi connectivity index (χ2v) is 3.39. The number of aromatic nitrogens is 2. The van der Waals surface area contributed by atoms with Gasteiger partial charge in [-0.3, -0.25) is 0 Å². The van der Waals surface area contributed by atoms with E-state index in [1.165, 1.54) is 0 Å². The zero-order valence-electron chi connectivity index (χ0n) is 7.95. The summed E-state index contributed by atoms with van der Waals surface area (Å²) < 4.78 is 10.1. The first-order valence-electron chi connectivity index (χ1n) is 4.19. The third-order valence-corrected chi connectivity index (χ3v) is 1.93. The fourth-order valence-corrected chi connectivity index (χ4v) is 1.08. The molecule has 2 atom stereocenters. The molecule has 0 spiro atoms. The smallest absolute Gasteiger partial charge is 0.244 e. The lowest BCUT2D eigenvalue weighted by Gasteiger charge is -2.06. The lowest BCUT2D eigenvalue weighted by molar-refractivity contribution is 0.0903. The monoisotopic (exact) mass is 204 g/mol. The summed E-state index contributed by atoms with van der Waals surface area (Å²) >= 11 is 5.77. The molecule has 5 heteroatoms. The van der Waals surface area contributed by atoms with Crippen molar-refractivity contribution in [2.75, 3.05) is 7.11 Å². The van der Waals surface area contributed by atoms with E-state index in [1.54, 1.807) is 14.0 Å². The first-order chi connectivity index (χ1) is 6.19. The highest BCUT2D eigenvalue weighted by Crippen LogP contribution is 2.21. The molecule has 1 aromatic heterocycles. The van der Waals surface area contributed by atoms with Crippen LogP contribution in [0.25, 0.3) is 0 Å². The van der Waals surface area contributed by atoms with E-state index in [0.717, 1.165) is 6.42 Å². The largest absolute Gasteiger partial charge is 0.373 e. The summed E-state index contributed by atoms with van der Waals surface area (Å²) in [4.78, 5) is 4.12. The van der Waals surface area contributed by atoms with E-state index in [0.29, 0.717) is 11.7 Å². The number of methoxy groups -OCH3 is 1. The van der Waals surface area contributed by atoms with Crippen LogP contribution in [0.5, 0.6) is 0 Å². The lowest BCUT2D eigenvalue weighted by Crippen LogP contribution is -2.02. The first-order valence-corrected chi connectivity index (χ1v) is 4.63. The van der Waals surface area contributed by atoms with Gasteiger partial charge in [0.15, 0.2) is 0 Å². The summed E-state index contributed by atoms with van der Waals surface area (Å²) in [6.07, 6.45) is 0.708. The van der Waals surface area contributed by atoms with Crippen LogP contribution in [-0.4, -0.2) is 17.3 Å². The molecule has 0 amide bonds. The number of alkyl halides is 1. The average Bonchev–Trinajstić information content (AvgIpc) is 2.56. The third kappa shape index (κ3) is 2.42. The summed E-state index contributed by atoms with van der Waals surface area (Å²) in [6, 6.07) is 0. The van der Waals surface area contributed by atoms with Crippen molar-refractivity contribution in [3.05, 3.63) is 11.7 Å². The van der Waals surface area contributed by atoms with Gasteiger partial charge in [0.1, 0.15) is 11.5 Å². The molecule has 1 rings (SSSR count). The maximum Gasteiger partial charge on any atom is 0.244 e. The minimum absolute atomic E-state index is 0.104. The highest BCUT2D eigenvalue weighted by Gasteiger charge is 2.17. The van der Waals surface area contributed by atoms with E-state index in [-0.39, 0.29) is 11.5 Å². The second-order valence-electron chi connectivity index (χ2n) is 2.74. The van der Waals surface area contributed by atoms with E-state index < -0.39 is 0 Å². The molecule has 0 N–H and O–H groups in total. The number of nitrogens with zero attached hydrogens (tertiary/aromatic N) is 2. The van der Waals surface area contributed by atoms with Gasteiger partial charge in [0, 0.05) is 7.11 Å². The molecular formula is C8H13ClN2O2. The van der Waals surface area contributed by atoms with Gasteiger partial charge in [0.05, 0.1) is 0 Å². The summed E-state index contributed by atoms with van der Waals surface area (Å²) in [5.41, 5.74) is 0. The number of hydrogen-bond acceptors (Lipinski definition) is 4. The van der Waals surface area contributed by atoms with E-state index in [1.807, 2.05) is 6.92 Å². The van der Waals surface area contributed by atoms with Gasteiger partial charge in [0.2, 0.25) is 11.7 Å². The maximum atomic E-state index is 5.77. The van der Waals surface area contributed by atoms with E-state index in [4.69, 9.17) is 20.9 Å². The molecule has 2 unspecified atom stereocenters. The van der Waals surface area contributed by atoms with Crippen molar-refractivity contribution in [3.63, 3.8) is 0 Å². The Morgan fingerprint density at radius 1 is 1.62 bits per heavy atom. The zero-order chi connectivity index (χ0) is 9.84. The predicted octanol–water partition coefficient (Wildman–Crippen LogP) is 2.47. The highest BCUT2D eigenvalue weighted by molar-refractivity contribution is 6.20. The van der Waals surface area contributed by atoms with Crippen molar-refractivity contribution >= 4 is 11.6 Å². The van der Waals surface area contributed by atoms with Crippen molar-refractivity contribution in [1.82, 2.24) is 10.1 Å². The Hall–Kier alpha value is -0.610. The number of halogens is 1. The molecule has 0 fully saturated rings. The van der Waals surface area contributed by atoms with Gasteiger partial charge in [-0.15, -0.1) is 11.6 Å². The molecule has 0 aliphatic rings. The van der Waals surface area contributed by atoms with Gasteiger partial charge in [-0.2, -0.15) is 4.98 Å². The van der Waals surface area contributed by atoms with Crippen molar-refractivity contribution in [2.24, 2.45) is 0 Å². The number of hydrogen-bond donors (Lipinski definition) is 0. The second kappa shape index (κ2) is 4.58. The lowest BCUT2D eigenvalue weighted by atomic mass is 10.2. The molecule has 13 heavy (non-hydrogen) atoms. The normalized spacial score (nSPS) is 15.7. The topological polar surface area (TPSA) is 48.2 Å². The van der Waals surface area contributed by atoms with Crippen LogP contribution in [0.2, 0.25) is 0 Å². The van der Waals surface area contributed by atoms with Gasteiger partial charge < -0.3 is 9.26 Å². The van der Waals surface area contributed by atoms with Gasteiger partial charge in [0.25, 0.3) is 0 Å². The van der Waals surface area contributed by atoms with Crippen molar-refractivity contribution in [1.29, 1.82) is 0 Å². The molecule has 4 nitrogen and oxygen atoms in total. The van der Waals surface area contributed by atoms with Gasteiger partial charge in [-0.05, 0) is 13.3 Å². The predicted molar refractivity (Wildman–Crippen MR) is 48.6 cm³/mol.